The molecular weight excluding hydrogens is 349 g/mol. The van der Waals surface area contributed by atoms with Crippen molar-refractivity contribution in [2.45, 2.75) is 6.18 Å². The van der Waals surface area contributed by atoms with Gasteiger partial charge in [0.2, 0.25) is 0 Å². The Balaban J connectivity index is 2.19. The fourth-order valence-corrected chi connectivity index (χ4v) is 2.57. The number of rotatable bonds is 4. The van der Waals surface area contributed by atoms with Crippen LogP contribution in [0.4, 0.5) is 19.0 Å². The van der Waals surface area contributed by atoms with Crippen LogP contribution in [0.25, 0.3) is 22.0 Å². The summed E-state index contributed by atoms with van der Waals surface area (Å²) >= 11 is 0. The maximum absolute atomic E-state index is 12.7. The molecule has 0 bridgehead atoms. The number of aliphatic hydroxyl groups is 1. The van der Waals surface area contributed by atoms with Crippen LogP contribution in [0.1, 0.15) is 5.56 Å². The van der Waals surface area contributed by atoms with E-state index in [-0.39, 0.29) is 29.9 Å². The summed E-state index contributed by atoms with van der Waals surface area (Å²) < 4.78 is 39.5. The fourth-order valence-electron chi connectivity index (χ4n) is 2.57. The molecule has 0 atom stereocenters. The molecule has 0 aliphatic heterocycles. The number of alkyl halides is 3. The number of pyridine rings is 1. The van der Waals surface area contributed by atoms with Gasteiger partial charge < -0.3 is 15.0 Å². The lowest BCUT2D eigenvalue weighted by atomic mass is 10.0. The zero-order valence-corrected chi connectivity index (χ0v) is 13.7. The van der Waals surface area contributed by atoms with Gasteiger partial charge in [0.1, 0.15) is 11.2 Å². The van der Waals surface area contributed by atoms with Crippen LogP contribution >= 0.6 is 0 Å². The zero-order chi connectivity index (χ0) is 18.9. The summed E-state index contributed by atoms with van der Waals surface area (Å²) in [4.78, 5) is 21.0. The Morgan fingerprint density at radius 3 is 2.50 bits per heavy atom. The van der Waals surface area contributed by atoms with Gasteiger partial charge in [-0.2, -0.15) is 13.2 Å². The minimum Gasteiger partial charge on any atom is -0.395 e. The van der Waals surface area contributed by atoms with Crippen LogP contribution in [-0.4, -0.2) is 32.8 Å². The molecule has 26 heavy (non-hydrogen) atoms. The van der Waals surface area contributed by atoms with Crippen LogP contribution in [0.2, 0.25) is 0 Å². The highest BCUT2D eigenvalue weighted by molar-refractivity contribution is 5.98. The first kappa shape index (κ1) is 17.9. The highest BCUT2D eigenvalue weighted by Crippen LogP contribution is 2.33. The van der Waals surface area contributed by atoms with E-state index in [0.29, 0.717) is 16.6 Å². The molecule has 3 rings (SSSR count). The van der Waals surface area contributed by atoms with E-state index in [2.05, 4.69) is 15.3 Å². The average Bonchev–Trinajstić information content (AvgIpc) is 2.62. The molecule has 3 aromatic rings. The predicted octanol–water partition coefficient (Wildman–Crippen LogP) is 2.42. The molecule has 0 radical (unpaired) electrons. The molecule has 2 heterocycles. The summed E-state index contributed by atoms with van der Waals surface area (Å²) in [5, 5.41) is 12.0. The molecule has 0 aliphatic rings. The second kappa shape index (κ2) is 6.75. The number of fused-ring (bicyclic) bond motifs is 1. The van der Waals surface area contributed by atoms with Crippen molar-refractivity contribution in [3.05, 3.63) is 52.7 Å². The molecule has 136 valence electrons. The number of aromatic nitrogens is 3. The van der Waals surface area contributed by atoms with Gasteiger partial charge in [-0.3, -0.25) is 4.79 Å². The van der Waals surface area contributed by atoms with Gasteiger partial charge in [0.05, 0.1) is 24.0 Å². The summed E-state index contributed by atoms with van der Waals surface area (Å²) in [5.41, 5.74) is 0.120. The number of hydrogen-bond donors (Lipinski definition) is 2. The van der Waals surface area contributed by atoms with Gasteiger partial charge >= 0.3 is 6.18 Å². The van der Waals surface area contributed by atoms with Crippen molar-refractivity contribution in [2.24, 2.45) is 7.05 Å². The Kier molecular flexibility index (Phi) is 4.64. The Bertz CT molecular complexity index is 998. The SMILES string of the molecule is Cn1cnc2c(-c3ccc(C(F)(F)F)cc3)cnc(NCCO)c2c1=O. The molecule has 0 saturated heterocycles. The van der Waals surface area contributed by atoms with Crippen LogP contribution in [0.5, 0.6) is 0 Å². The second-order valence-corrected chi connectivity index (χ2v) is 5.63. The van der Waals surface area contributed by atoms with Crippen LogP contribution < -0.4 is 10.9 Å². The van der Waals surface area contributed by atoms with Gasteiger partial charge in [-0.25, -0.2) is 9.97 Å². The van der Waals surface area contributed by atoms with Crippen molar-refractivity contribution in [2.75, 3.05) is 18.5 Å². The van der Waals surface area contributed by atoms with E-state index in [0.717, 1.165) is 12.1 Å². The van der Waals surface area contributed by atoms with Crippen molar-refractivity contribution in [1.29, 1.82) is 0 Å². The summed E-state index contributed by atoms with van der Waals surface area (Å²) in [6.07, 6.45) is -1.64. The molecule has 0 spiro atoms. The number of nitrogens with one attached hydrogen (secondary N) is 1. The van der Waals surface area contributed by atoms with Crippen LogP contribution in [0.3, 0.4) is 0 Å². The van der Waals surface area contributed by atoms with Crippen LogP contribution in [0, 0.1) is 0 Å². The number of benzene rings is 1. The Hall–Kier alpha value is -2.94. The lowest BCUT2D eigenvalue weighted by Crippen LogP contribution is -2.20. The molecular formula is C17H15F3N4O2. The highest BCUT2D eigenvalue weighted by Gasteiger charge is 2.30. The van der Waals surface area contributed by atoms with Gasteiger partial charge in [0.25, 0.3) is 5.56 Å². The Morgan fingerprint density at radius 2 is 1.88 bits per heavy atom. The highest BCUT2D eigenvalue weighted by atomic mass is 19.4. The Labute approximate surface area is 146 Å². The van der Waals surface area contributed by atoms with Crippen LogP contribution in [-0.2, 0) is 13.2 Å². The first-order valence-electron chi connectivity index (χ1n) is 7.69. The first-order valence-corrected chi connectivity index (χ1v) is 7.69. The molecule has 0 amide bonds. The summed E-state index contributed by atoms with van der Waals surface area (Å²) in [7, 11) is 1.54. The van der Waals surface area contributed by atoms with E-state index in [1.54, 1.807) is 0 Å². The monoisotopic (exact) mass is 364 g/mol. The van der Waals surface area contributed by atoms with E-state index < -0.39 is 11.7 Å². The average molecular weight is 364 g/mol. The van der Waals surface area contributed by atoms with E-state index in [4.69, 9.17) is 5.11 Å². The van der Waals surface area contributed by atoms with Gasteiger partial charge in [0, 0.05) is 25.4 Å². The number of hydrogen-bond acceptors (Lipinski definition) is 5. The van der Waals surface area contributed by atoms with Crippen molar-refractivity contribution in [3.63, 3.8) is 0 Å². The van der Waals surface area contributed by atoms with Gasteiger partial charge in [-0.05, 0) is 17.7 Å². The third-order valence-electron chi connectivity index (χ3n) is 3.87. The molecule has 9 heteroatoms. The number of nitrogens with zero attached hydrogens (tertiary/aromatic N) is 3. The quantitative estimate of drug-likeness (QED) is 0.743. The first-order chi connectivity index (χ1) is 12.3. The third-order valence-corrected chi connectivity index (χ3v) is 3.87. The summed E-state index contributed by atoms with van der Waals surface area (Å²) in [6.45, 7) is 0.0458. The summed E-state index contributed by atoms with van der Waals surface area (Å²) in [6, 6.07) is 4.58. The molecule has 2 aromatic heterocycles. The number of anilines is 1. The third kappa shape index (κ3) is 3.25. The second-order valence-electron chi connectivity index (χ2n) is 5.63. The smallest absolute Gasteiger partial charge is 0.395 e. The van der Waals surface area contributed by atoms with Gasteiger partial charge in [-0.15, -0.1) is 0 Å². The minimum absolute atomic E-state index is 0.148. The summed E-state index contributed by atoms with van der Waals surface area (Å²) in [5.74, 6) is 0.262. The van der Waals surface area contributed by atoms with Gasteiger partial charge in [-0.1, -0.05) is 12.1 Å². The van der Waals surface area contributed by atoms with Crippen molar-refractivity contribution >= 4 is 16.7 Å². The maximum atomic E-state index is 12.7. The largest absolute Gasteiger partial charge is 0.416 e. The van der Waals surface area contributed by atoms with Crippen LogP contribution in [0.15, 0.2) is 41.6 Å². The molecule has 6 nitrogen and oxygen atoms in total. The van der Waals surface area contributed by atoms with E-state index in [1.165, 1.54) is 36.3 Å². The number of halogens is 3. The molecule has 1 aromatic carbocycles. The molecule has 0 unspecified atom stereocenters. The number of aliphatic hydroxyl groups excluding tert-OH is 1. The van der Waals surface area contributed by atoms with Crippen molar-refractivity contribution < 1.29 is 18.3 Å². The van der Waals surface area contributed by atoms with E-state index in [1.807, 2.05) is 0 Å². The topological polar surface area (TPSA) is 80.0 Å². The minimum atomic E-state index is -4.43. The lowest BCUT2D eigenvalue weighted by molar-refractivity contribution is -0.137. The zero-order valence-electron chi connectivity index (χ0n) is 13.7. The Morgan fingerprint density at radius 1 is 1.19 bits per heavy atom. The maximum Gasteiger partial charge on any atom is 0.416 e. The molecule has 0 saturated carbocycles. The van der Waals surface area contributed by atoms with Gasteiger partial charge in [0.15, 0.2) is 0 Å². The standard InChI is InChI=1S/C17H15F3N4O2/c1-24-9-23-14-12(10-2-4-11(5-3-10)17(18,19)20)8-22-15(21-6-7-25)13(14)16(24)26/h2-5,8-9,25H,6-7H2,1H3,(H,21,22). The molecule has 0 aliphatic carbocycles. The molecule has 2 N–H and O–H groups in total. The predicted molar refractivity (Wildman–Crippen MR) is 90.8 cm³/mol. The van der Waals surface area contributed by atoms with Crippen molar-refractivity contribution in [1.82, 2.24) is 14.5 Å². The fraction of sp³-hybridized carbons (Fsp3) is 0.235. The van der Waals surface area contributed by atoms with E-state index in [9.17, 15) is 18.0 Å². The van der Waals surface area contributed by atoms with E-state index >= 15 is 0 Å². The number of aryl methyl sites for hydroxylation is 1. The molecule has 0 fully saturated rings. The van der Waals surface area contributed by atoms with Crippen molar-refractivity contribution in [3.8, 4) is 11.1 Å². The lowest BCUT2D eigenvalue weighted by Gasteiger charge is -2.12. The normalized spacial score (nSPS) is 11.7.